The third-order valence-corrected chi connectivity index (χ3v) is 7.25. The number of benzene rings is 1. The predicted molar refractivity (Wildman–Crippen MR) is 124 cm³/mol. The molecule has 1 atom stereocenters. The number of carbonyl (C=O) groups excluding carboxylic acids is 1. The van der Waals surface area contributed by atoms with Crippen LogP contribution in [0.15, 0.2) is 90.3 Å². The van der Waals surface area contributed by atoms with Crippen molar-refractivity contribution in [3.05, 3.63) is 96.7 Å². The number of rotatable bonds is 8. The average molecular weight is 479 g/mol. The summed E-state index contributed by atoms with van der Waals surface area (Å²) in [7, 11) is -4.15. The molecule has 1 unspecified atom stereocenters. The molecule has 0 amide bonds. The highest BCUT2D eigenvalue weighted by Crippen LogP contribution is 2.34. The molecule has 4 aromatic rings. The van der Waals surface area contributed by atoms with Gasteiger partial charge in [0.1, 0.15) is 0 Å². The standard InChI is InChI=1S/C23H22N6O4S/c1-17(30)33-28-22-7-2-6-21(27-22)23(24,34(31,32)20-5-3-12-25-16-20)15-18-8-10-19(11-9-18)29-14-4-13-26-29/h2-14,16H,15,24H2,1H3,(H,27,28). The van der Waals surface area contributed by atoms with Crippen LogP contribution in [0.1, 0.15) is 18.2 Å². The van der Waals surface area contributed by atoms with Gasteiger partial charge in [-0.25, -0.2) is 23.6 Å². The molecule has 174 valence electrons. The van der Waals surface area contributed by atoms with Gasteiger partial charge in [-0.2, -0.15) is 5.10 Å². The molecule has 3 heterocycles. The van der Waals surface area contributed by atoms with E-state index < -0.39 is 20.7 Å². The molecular weight excluding hydrogens is 456 g/mol. The van der Waals surface area contributed by atoms with Gasteiger partial charge in [0.2, 0.25) is 9.84 Å². The summed E-state index contributed by atoms with van der Waals surface area (Å²) in [6, 6.07) is 16.6. The number of sulfone groups is 1. The fourth-order valence-electron chi connectivity index (χ4n) is 3.38. The maximum atomic E-state index is 13.8. The largest absolute Gasteiger partial charge is 0.342 e. The van der Waals surface area contributed by atoms with Crippen LogP contribution in [-0.2, 0) is 30.8 Å². The van der Waals surface area contributed by atoms with Crippen LogP contribution in [0.2, 0.25) is 0 Å². The molecule has 4 rings (SSSR count). The summed E-state index contributed by atoms with van der Waals surface area (Å²) in [5, 5.41) is 4.19. The second-order valence-electron chi connectivity index (χ2n) is 7.48. The van der Waals surface area contributed by atoms with Crippen molar-refractivity contribution in [1.82, 2.24) is 19.7 Å². The molecule has 3 N–H and O–H groups in total. The molecule has 0 bridgehead atoms. The fourth-order valence-corrected chi connectivity index (χ4v) is 5.01. The van der Waals surface area contributed by atoms with E-state index in [-0.39, 0.29) is 22.8 Å². The molecular formula is C23H22N6O4S. The molecule has 0 radical (unpaired) electrons. The number of hydrogen-bond acceptors (Lipinski definition) is 9. The predicted octanol–water partition coefficient (Wildman–Crippen LogP) is 2.38. The summed E-state index contributed by atoms with van der Waals surface area (Å²) in [5.74, 6) is -0.440. The van der Waals surface area contributed by atoms with Gasteiger partial charge >= 0.3 is 5.97 Å². The quantitative estimate of drug-likeness (QED) is 0.365. The number of pyridine rings is 2. The van der Waals surface area contributed by atoms with Crippen LogP contribution in [0.3, 0.4) is 0 Å². The van der Waals surface area contributed by atoms with E-state index in [1.165, 1.54) is 43.6 Å². The first-order chi connectivity index (χ1) is 16.3. The van der Waals surface area contributed by atoms with Crippen molar-refractivity contribution in [2.75, 3.05) is 5.48 Å². The topological polar surface area (TPSA) is 142 Å². The highest BCUT2D eigenvalue weighted by molar-refractivity contribution is 7.92. The first kappa shape index (κ1) is 23.1. The lowest BCUT2D eigenvalue weighted by atomic mass is 10.0. The van der Waals surface area contributed by atoms with Crippen molar-refractivity contribution < 1.29 is 18.0 Å². The zero-order valence-corrected chi connectivity index (χ0v) is 19.0. The Morgan fingerprint density at radius 1 is 1.09 bits per heavy atom. The Bertz CT molecular complexity index is 1380. The number of nitrogens with one attached hydrogen (secondary N) is 1. The Kier molecular flexibility index (Phi) is 6.39. The van der Waals surface area contributed by atoms with E-state index in [0.29, 0.717) is 5.56 Å². The molecule has 34 heavy (non-hydrogen) atoms. The molecule has 0 fully saturated rings. The molecule has 1 aromatic carbocycles. The molecule has 0 saturated carbocycles. The number of anilines is 1. The number of nitrogens with two attached hydrogens (primary N) is 1. The molecule has 0 aliphatic rings. The van der Waals surface area contributed by atoms with Crippen LogP contribution in [0.4, 0.5) is 5.82 Å². The fraction of sp³-hybridized carbons (Fsp3) is 0.130. The minimum absolute atomic E-state index is 0.0363. The van der Waals surface area contributed by atoms with Crippen molar-refractivity contribution in [3.63, 3.8) is 0 Å². The highest BCUT2D eigenvalue weighted by Gasteiger charge is 2.44. The van der Waals surface area contributed by atoms with Crippen molar-refractivity contribution in [2.45, 2.75) is 23.1 Å². The first-order valence-corrected chi connectivity index (χ1v) is 11.7. The average Bonchev–Trinajstić information content (AvgIpc) is 3.39. The van der Waals surface area contributed by atoms with Crippen LogP contribution in [0.5, 0.6) is 0 Å². The van der Waals surface area contributed by atoms with E-state index in [0.717, 1.165) is 5.69 Å². The number of hydrogen-bond donors (Lipinski definition) is 2. The summed E-state index contributed by atoms with van der Waals surface area (Å²) in [6.07, 6.45) is 6.13. The van der Waals surface area contributed by atoms with Crippen molar-refractivity contribution in [2.24, 2.45) is 5.73 Å². The Labute approximate surface area is 196 Å². The van der Waals surface area contributed by atoms with Gasteiger partial charge < -0.3 is 10.6 Å². The molecule has 10 nitrogen and oxygen atoms in total. The van der Waals surface area contributed by atoms with Gasteiger partial charge in [-0.15, -0.1) is 0 Å². The summed E-state index contributed by atoms with van der Waals surface area (Å²) in [5.41, 5.74) is 10.7. The van der Waals surface area contributed by atoms with Crippen LogP contribution in [0, 0.1) is 0 Å². The highest BCUT2D eigenvalue weighted by atomic mass is 32.2. The molecule has 0 spiro atoms. The lowest BCUT2D eigenvalue weighted by Gasteiger charge is -2.29. The normalized spacial score (nSPS) is 13.1. The van der Waals surface area contributed by atoms with E-state index in [2.05, 4.69) is 20.5 Å². The molecule has 0 saturated heterocycles. The van der Waals surface area contributed by atoms with Gasteiger partial charge in [0, 0.05) is 38.1 Å². The van der Waals surface area contributed by atoms with Gasteiger partial charge in [0.25, 0.3) is 0 Å². The van der Waals surface area contributed by atoms with Crippen molar-refractivity contribution >= 4 is 21.6 Å². The van der Waals surface area contributed by atoms with Crippen LogP contribution in [0.25, 0.3) is 5.69 Å². The maximum Gasteiger partial charge on any atom is 0.329 e. The molecule has 3 aromatic heterocycles. The molecule has 0 aliphatic carbocycles. The lowest BCUT2D eigenvalue weighted by molar-refractivity contribution is -0.138. The summed E-state index contributed by atoms with van der Waals surface area (Å²) >= 11 is 0. The minimum atomic E-state index is -4.15. The van der Waals surface area contributed by atoms with Gasteiger partial charge in [-0.05, 0) is 48.0 Å². The maximum absolute atomic E-state index is 13.8. The van der Waals surface area contributed by atoms with E-state index >= 15 is 0 Å². The zero-order chi connectivity index (χ0) is 24.2. The molecule has 0 aliphatic heterocycles. The van der Waals surface area contributed by atoms with E-state index in [1.807, 2.05) is 18.2 Å². The van der Waals surface area contributed by atoms with Gasteiger partial charge in [0.15, 0.2) is 10.7 Å². The second-order valence-corrected chi connectivity index (χ2v) is 9.69. The van der Waals surface area contributed by atoms with Gasteiger partial charge in [-0.3, -0.25) is 9.78 Å². The number of aromatic nitrogens is 4. The van der Waals surface area contributed by atoms with Crippen molar-refractivity contribution in [3.8, 4) is 5.69 Å². The monoisotopic (exact) mass is 478 g/mol. The van der Waals surface area contributed by atoms with E-state index in [9.17, 15) is 13.2 Å². The summed E-state index contributed by atoms with van der Waals surface area (Å²) < 4.78 is 29.2. The van der Waals surface area contributed by atoms with Gasteiger partial charge in [0.05, 0.1) is 16.3 Å². The van der Waals surface area contributed by atoms with E-state index in [4.69, 9.17) is 10.6 Å². The minimum Gasteiger partial charge on any atom is -0.342 e. The SMILES string of the molecule is CC(=O)ONc1cccc(C(N)(Cc2ccc(-n3cccn3)cc2)S(=O)(=O)c2cccnc2)n1. The summed E-state index contributed by atoms with van der Waals surface area (Å²) in [6.45, 7) is 1.23. The Morgan fingerprint density at radius 3 is 2.53 bits per heavy atom. The first-order valence-electron chi connectivity index (χ1n) is 10.2. The Balaban J connectivity index is 1.76. The smallest absolute Gasteiger partial charge is 0.329 e. The zero-order valence-electron chi connectivity index (χ0n) is 18.2. The number of nitrogens with zero attached hydrogens (tertiary/aromatic N) is 4. The van der Waals surface area contributed by atoms with Crippen LogP contribution in [-0.4, -0.2) is 34.1 Å². The number of carbonyl (C=O) groups is 1. The van der Waals surface area contributed by atoms with Crippen molar-refractivity contribution in [1.29, 1.82) is 0 Å². The summed E-state index contributed by atoms with van der Waals surface area (Å²) in [4.78, 5) is 22.2. The lowest BCUT2D eigenvalue weighted by Crippen LogP contribution is -2.47. The third kappa shape index (κ3) is 4.65. The third-order valence-electron chi connectivity index (χ3n) is 5.08. The van der Waals surface area contributed by atoms with E-state index in [1.54, 1.807) is 35.3 Å². The van der Waals surface area contributed by atoms with Gasteiger partial charge in [-0.1, -0.05) is 18.2 Å². The Hall–Kier alpha value is -4.09. The van der Waals surface area contributed by atoms with Crippen LogP contribution >= 0.6 is 0 Å². The Morgan fingerprint density at radius 2 is 1.88 bits per heavy atom. The van der Waals surface area contributed by atoms with Crippen LogP contribution < -0.4 is 11.2 Å². The second kappa shape index (κ2) is 9.41. The molecule has 11 heteroatoms.